The highest BCUT2D eigenvalue weighted by atomic mass is 16.6. The van der Waals surface area contributed by atoms with Crippen molar-refractivity contribution in [1.82, 2.24) is 10.6 Å². The maximum absolute atomic E-state index is 11.8. The van der Waals surface area contributed by atoms with Crippen molar-refractivity contribution in [2.24, 2.45) is 11.3 Å². The SMILES string of the molecule is CC(C)(C)OC(=O)NCC(NC1CCCC1(C)C)C1CC1. The van der Waals surface area contributed by atoms with Crippen LogP contribution in [0.25, 0.3) is 0 Å². The molecule has 21 heavy (non-hydrogen) atoms. The number of carbonyl (C=O) groups excluding carboxylic acids is 1. The molecule has 0 aliphatic heterocycles. The van der Waals surface area contributed by atoms with Gasteiger partial charge in [0.2, 0.25) is 0 Å². The summed E-state index contributed by atoms with van der Waals surface area (Å²) in [6.07, 6.45) is 6.11. The first-order valence-electron chi connectivity index (χ1n) is 8.40. The Bertz CT molecular complexity index is 369. The molecule has 0 saturated heterocycles. The van der Waals surface area contributed by atoms with Gasteiger partial charge >= 0.3 is 6.09 Å². The largest absolute Gasteiger partial charge is 0.444 e. The lowest BCUT2D eigenvalue weighted by molar-refractivity contribution is 0.0519. The van der Waals surface area contributed by atoms with Gasteiger partial charge in [0.05, 0.1) is 0 Å². The molecule has 2 unspecified atom stereocenters. The van der Waals surface area contributed by atoms with Crippen molar-refractivity contribution in [3.05, 3.63) is 0 Å². The Hall–Kier alpha value is -0.770. The molecule has 2 saturated carbocycles. The lowest BCUT2D eigenvalue weighted by Gasteiger charge is -2.32. The Morgan fingerprint density at radius 1 is 1.29 bits per heavy atom. The Morgan fingerprint density at radius 3 is 2.43 bits per heavy atom. The molecule has 0 aromatic rings. The predicted molar refractivity (Wildman–Crippen MR) is 85.3 cm³/mol. The second-order valence-corrected chi connectivity index (χ2v) is 8.43. The van der Waals surface area contributed by atoms with E-state index in [2.05, 4.69) is 24.5 Å². The molecule has 4 nitrogen and oxygen atoms in total. The molecule has 2 aliphatic rings. The van der Waals surface area contributed by atoms with Gasteiger partial charge in [0.25, 0.3) is 0 Å². The summed E-state index contributed by atoms with van der Waals surface area (Å²) in [6, 6.07) is 0.962. The van der Waals surface area contributed by atoms with E-state index in [9.17, 15) is 4.79 Å². The van der Waals surface area contributed by atoms with Crippen LogP contribution in [0.15, 0.2) is 0 Å². The number of nitrogens with one attached hydrogen (secondary N) is 2. The molecule has 0 radical (unpaired) electrons. The molecule has 2 fully saturated rings. The van der Waals surface area contributed by atoms with Crippen LogP contribution in [-0.2, 0) is 4.74 Å². The van der Waals surface area contributed by atoms with E-state index in [0.29, 0.717) is 24.0 Å². The average Bonchev–Trinajstić information content (AvgIpc) is 3.09. The highest BCUT2D eigenvalue weighted by Crippen LogP contribution is 2.39. The molecule has 1 amide bonds. The smallest absolute Gasteiger partial charge is 0.407 e. The van der Waals surface area contributed by atoms with Gasteiger partial charge in [-0.2, -0.15) is 0 Å². The van der Waals surface area contributed by atoms with Gasteiger partial charge in [-0.05, 0) is 57.8 Å². The Kier molecular flexibility index (Phi) is 4.86. The van der Waals surface area contributed by atoms with Gasteiger partial charge in [-0.3, -0.25) is 0 Å². The maximum atomic E-state index is 11.8. The van der Waals surface area contributed by atoms with Crippen LogP contribution in [0.2, 0.25) is 0 Å². The fraction of sp³-hybridized carbons (Fsp3) is 0.941. The molecule has 2 N–H and O–H groups in total. The summed E-state index contributed by atoms with van der Waals surface area (Å²) in [5.74, 6) is 0.719. The summed E-state index contributed by atoms with van der Waals surface area (Å²) in [6.45, 7) is 11.1. The van der Waals surface area contributed by atoms with Crippen LogP contribution in [0, 0.1) is 11.3 Å². The zero-order chi connectivity index (χ0) is 15.7. The third kappa shape index (κ3) is 5.17. The van der Waals surface area contributed by atoms with Gasteiger partial charge in [-0.1, -0.05) is 20.3 Å². The summed E-state index contributed by atoms with van der Waals surface area (Å²) in [4.78, 5) is 11.8. The number of amides is 1. The van der Waals surface area contributed by atoms with E-state index in [-0.39, 0.29) is 6.09 Å². The van der Waals surface area contributed by atoms with Gasteiger partial charge in [0.15, 0.2) is 0 Å². The monoisotopic (exact) mass is 296 g/mol. The van der Waals surface area contributed by atoms with Gasteiger partial charge < -0.3 is 15.4 Å². The topological polar surface area (TPSA) is 50.4 Å². The van der Waals surface area contributed by atoms with E-state index in [1.54, 1.807) is 0 Å². The first kappa shape index (κ1) is 16.6. The standard InChI is InChI=1S/C17H32N2O2/c1-16(2,3)21-15(20)18-11-13(12-8-9-12)19-14-7-6-10-17(14,4)5/h12-14,19H,6-11H2,1-5H3,(H,18,20). The Balaban J connectivity index is 1.81. The lowest BCUT2D eigenvalue weighted by Crippen LogP contribution is -2.50. The van der Waals surface area contributed by atoms with Crippen molar-refractivity contribution < 1.29 is 9.53 Å². The summed E-state index contributed by atoms with van der Waals surface area (Å²) >= 11 is 0. The van der Waals surface area contributed by atoms with Gasteiger partial charge in [0.1, 0.15) is 5.60 Å². The molecule has 122 valence electrons. The molecule has 0 aromatic carbocycles. The van der Waals surface area contributed by atoms with Crippen LogP contribution < -0.4 is 10.6 Å². The summed E-state index contributed by atoms with van der Waals surface area (Å²) in [7, 11) is 0. The molecule has 0 spiro atoms. The van der Waals surface area contributed by atoms with Crippen LogP contribution in [-0.4, -0.2) is 30.3 Å². The van der Waals surface area contributed by atoms with Crippen LogP contribution in [0.1, 0.15) is 66.7 Å². The fourth-order valence-electron chi connectivity index (χ4n) is 3.26. The van der Waals surface area contributed by atoms with Crippen molar-refractivity contribution in [3.63, 3.8) is 0 Å². The van der Waals surface area contributed by atoms with Crippen LogP contribution in [0.5, 0.6) is 0 Å². The van der Waals surface area contributed by atoms with Crippen molar-refractivity contribution >= 4 is 6.09 Å². The van der Waals surface area contributed by atoms with Crippen molar-refractivity contribution in [3.8, 4) is 0 Å². The number of carbonyl (C=O) groups is 1. The second-order valence-electron chi connectivity index (χ2n) is 8.43. The van der Waals surface area contributed by atoms with E-state index < -0.39 is 5.60 Å². The first-order valence-corrected chi connectivity index (χ1v) is 8.40. The van der Waals surface area contributed by atoms with Crippen LogP contribution in [0.4, 0.5) is 4.79 Å². The Labute approximate surface area is 129 Å². The molecular weight excluding hydrogens is 264 g/mol. The molecule has 2 rings (SSSR count). The molecule has 2 aliphatic carbocycles. The van der Waals surface area contributed by atoms with Crippen LogP contribution >= 0.6 is 0 Å². The predicted octanol–water partition coefficient (Wildman–Crippen LogP) is 3.46. The van der Waals surface area contributed by atoms with Crippen molar-refractivity contribution in [2.45, 2.75) is 84.4 Å². The molecule has 0 aromatic heterocycles. The zero-order valence-electron chi connectivity index (χ0n) is 14.3. The van der Waals surface area contributed by atoms with Gasteiger partial charge in [0, 0.05) is 18.6 Å². The van der Waals surface area contributed by atoms with E-state index >= 15 is 0 Å². The number of alkyl carbamates (subject to hydrolysis) is 1. The average molecular weight is 296 g/mol. The number of hydrogen-bond donors (Lipinski definition) is 2. The molecular formula is C17H32N2O2. The third-order valence-electron chi connectivity index (χ3n) is 4.73. The molecule has 2 atom stereocenters. The zero-order valence-corrected chi connectivity index (χ0v) is 14.3. The maximum Gasteiger partial charge on any atom is 0.407 e. The van der Waals surface area contributed by atoms with Crippen molar-refractivity contribution in [2.75, 3.05) is 6.54 Å². The first-order chi connectivity index (χ1) is 9.67. The van der Waals surface area contributed by atoms with Crippen molar-refractivity contribution in [1.29, 1.82) is 0 Å². The lowest BCUT2D eigenvalue weighted by atomic mass is 9.86. The normalized spacial score (nSPS) is 26.4. The molecule has 0 heterocycles. The number of ether oxygens (including phenoxy) is 1. The quantitative estimate of drug-likeness (QED) is 0.817. The summed E-state index contributed by atoms with van der Waals surface area (Å²) in [5, 5.41) is 6.75. The molecule has 4 heteroatoms. The number of rotatable bonds is 5. The highest BCUT2D eigenvalue weighted by Gasteiger charge is 2.39. The Morgan fingerprint density at radius 2 is 1.95 bits per heavy atom. The highest BCUT2D eigenvalue weighted by molar-refractivity contribution is 5.67. The molecule has 0 bridgehead atoms. The van der Waals surface area contributed by atoms with E-state index in [1.165, 1.54) is 32.1 Å². The van der Waals surface area contributed by atoms with Crippen LogP contribution in [0.3, 0.4) is 0 Å². The van der Waals surface area contributed by atoms with Gasteiger partial charge in [-0.15, -0.1) is 0 Å². The van der Waals surface area contributed by atoms with Gasteiger partial charge in [-0.25, -0.2) is 4.79 Å². The minimum Gasteiger partial charge on any atom is -0.444 e. The second kappa shape index (κ2) is 6.15. The third-order valence-corrected chi connectivity index (χ3v) is 4.73. The number of hydrogen-bond acceptors (Lipinski definition) is 3. The van der Waals surface area contributed by atoms with E-state index in [0.717, 1.165) is 5.92 Å². The summed E-state index contributed by atoms with van der Waals surface area (Å²) in [5.41, 5.74) is -0.0565. The van der Waals surface area contributed by atoms with E-state index in [4.69, 9.17) is 4.74 Å². The minimum atomic E-state index is -0.431. The summed E-state index contributed by atoms with van der Waals surface area (Å²) < 4.78 is 5.32. The van der Waals surface area contributed by atoms with E-state index in [1.807, 2.05) is 20.8 Å². The fourth-order valence-corrected chi connectivity index (χ4v) is 3.26. The minimum absolute atomic E-state index is 0.305.